The summed E-state index contributed by atoms with van der Waals surface area (Å²) in [5.74, 6) is 0. The Labute approximate surface area is 161 Å². The van der Waals surface area contributed by atoms with Crippen LogP contribution >= 0.6 is 0 Å². The van der Waals surface area contributed by atoms with Gasteiger partial charge in [-0.2, -0.15) is 0 Å². The number of pyridine rings is 1. The molecule has 1 aromatic heterocycles. The van der Waals surface area contributed by atoms with Gasteiger partial charge in [0.25, 0.3) is 0 Å². The number of rotatable bonds is 5. The minimum absolute atomic E-state index is 0.104. The highest BCUT2D eigenvalue weighted by Gasteiger charge is 2.51. The maximum Gasteiger partial charge on any atom is 0.496 e. The average Bonchev–Trinajstić information content (AvgIpc) is 2.71. The molecule has 27 heavy (non-hydrogen) atoms. The molecule has 7 nitrogen and oxygen atoms in total. The number of amides is 1. The molecule has 2 heterocycles. The molecule has 2 rings (SSSR count). The fourth-order valence-electron chi connectivity index (χ4n) is 2.60. The summed E-state index contributed by atoms with van der Waals surface area (Å²) in [7, 11) is -0.512. The van der Waals surface area contributed by atoms with Crippen LogP contribution in [0, 0.1) is 0 Å². The molecule has 1 N–H and O–H groups in total. The number of nitrogens with one attached hydrogen (secondary N) is 1. The third kappa shape index (κ3) is 5.59. The number of alkyl carbamates (subject to hydrolysis) is 1. The highest BCUT2D eigenvalue weighted by molar-refractivity contribution is 6.62. The highest BCUT2D eigenvalue weighted by atomic mass is 16.7. The van der Waals surface area contributed by atoms with Crippen molar-refractivity contribution >= 4 is 18.7 Å². The average molecular weight is 378 g/mol. The number of aromatic nitrogens is 1. The molecule has 0 atom stereocenters. The summed E-state index contributed by atoms with van der Waals surface area (Å²) in [5, 5.41) is 2.69. The maximum absolute atomic E-state index is 12.1. The lowest BCUT2D eigenvalue weighted by atomic mass is 9.80. The lowest BCUT2D eigenvalue weighted by molar-refractivity contribution is 0.00578. The molecule has 0 saturated carbocycles. The van der Waals surface area contributed by atoms with Gasteiger partial charge >= 0.3 is 13.2 Å². The van der Waals surface area contributed by atoms with Crippen molar-refractivity contribution in [3.63, 3.8) is 0 Å². The summed E-state index contributed by atoms with van der Waals surface area (Å²) < 4.78 is 18.9. The van der Waals surface area contributed by atoms with Crippen molar-refractivity contribution in [2.24, 2.45) is 0 Å². The molecule has 0 aliphatic carbocycles. The zero-order valence-electron chi connectivity index (χ0n) is 17.4. The standard InChI is InChI=1S/C19H31BN2O5/c1-17(2,3)25-16(24)21-11-8-12-22-13-14(9-10-15(22)23)20-26-18(4,5)19(6,7)27-20/h9-10,13H,8,11-12H2,1-7H3,(H,21,24). The number of ether oxygens (including phenoxy) is 1. The number of aryl methyl sites for hydroxylation is 1. The minimum atomic E-state index is -0.530. The van der Waals surface area contributed by atoms with Crippen LogP contribution in [0.4, 0.5) is 4.79 Å². The largest absolute Gasteiger partial charge is 0.496 e. The van der Waals surface area contributed by atoms with Gasteiger partial charge in [-0.25, -0.2) is 4.79 Å². The van der Waals surface area contributed by atoms with Crippen molar-refractivity contribution < 1.29 is 18.8 Å². The molecule has 1 saturated heterocycles. The van der Waals surface area contributed by atoms with Crippen LogP contribution in [-0.4, -0.2) is 41.1 Å². The summed E-state index contributed by atoms with van der Waals surface area (Å²) in [6, 6.07) is 3.25. The van der Waals surface area contributed by atoms with Crippen molar-refractivity contribution in [3.8, 4) is 0 Å². The molecule has 1 amide bonds. The summed E-state index contributed by atoms with van der Waals surface area (Å²) >= 11 is 0. The first-order chi connectivity index (χ1) is 12.3. The van der Waals surface area contributed by atoms with Gasteiger partial charge in [0, 0.05) is 25.4 Å². The van der Waals surface area contributed by atoms with E-state index in [1.165, 1.54) is 6.07 Å². The molecule has 0 spiro atoms. The van der Waals surface area contributed by atoms with Crippen LogP contribution in [0.3, 0.4) is 0 Å². The Hall–Kier alpha value is -1.80. The molecule has 0 aromatic carbocycles. The van der Waals surface area contributed by atoms with Gasteiger partial charge in [0.2, 0.25) is 5.56 Å². The van der Waals surface area contributed by atoms with Gasteiger partial charge in [-0.1, -0.05) is 6.07 Å². The topological polar surface area (TPSA) is 78.8 Å². The predicted molar refractivity (Wildman–Crippen MR) is 105 cm³/mol. The molecule has 1 aliphatic heterocycles. The molecular formula is C19H31BN2O5. The molecule has 1 aromatic rings. The van der Waals surface area contributed by atoms with Crippen molar-refractivity contribution in [1.29, 1.82) is 0 Å². The Kier molecular flexibility index (Phi) is 6.11. The van der Waals surface area contributed by atoms with E-state index in [4.69, 9.17) is 14.0 Å². The van der Waals surface area contributed by atoms with E-state index in [0.29, 0.717) is 19.5 Å². The first-order valence-corrected chi connectivity index (χ1v) is 9.34. The van der Waals surface area contributed by atoms with Gasteiger partial charge in [-0.15, -0.1) is 0 Å². The highest BCUT2D eigenvalue weighted by Crippen LogP contribution is 2.36. The van der Waals surface area contributed by atoms with E-state index >= 15 is 0 Å². The number of hydrogen-bond acceptors (Lipinski definition) is 5. The van der Waals surface area contributed by atoms with Gasteiger partial charge < -0.3 is 23.9 Å². The van der Waals surface area contributed by atoms with Crippen LogP contribution in [0.2, 0.25) is 0 Å². The fraction of sp³-hybridized carbons (Fsp3) is 0.684. The second-order valence-electron chi connectivity index (χ2n) is 8.86. The monoisotopic (exact) mass is 378 g/mol. The molecule has 0 bridgehead atoms. The van der Waals surface area contributed by atoms with E-state index in [9.17, 15) is 9.59 Å². The van der Waals surface area contributed by atoms with Crippen LogP contribution in [0.5, 0.6) is 0 Å². The van der Waals surface area contributed by atoms with Gasteiger partial charge in [0.05, 0.1) is 11.2 Å². The van der Waals surface area contributed by atoms with Gasteiger partial charge in [-0.3, -0.25) is 4.79 Å². The van der Waals surface area contributed by atoms with Crippen LogP contribution in [0.25, 0.3) is 0 Å². The van der Waals surface area contributed by atoms with Crippen LogP contribution < -0.4 is 16.3 Å². The van der Waals surface area contributed by atoms with E-state index < -0.39 is 30.0 Å². The van der Waals surface area contributed by atoms with E-state index in [0.717, 1.165) is 5.46 Å². The Morgan fingerprint density at radius 1 is 1.19 bits per heavy atom. The Balaban J connectivity index is 1.95. The lowest BCUT2D eigenvalue weighted by Gasteiger charge is -2.32. The number of carbonyl (C=O) groups excluding carboxylic acids is 1. The van der Waals surface area contributed by atoms with Crippen molar-refractivity contribution in [2.45, 2.75) is 78.2 Å². The molecule has 1 aliphatic rings. The number of hydrogen-bond donors (Lipinski definition) is 1. The molecule has 0 unspecified atom stereocenters. The smallest absolute Gasteiger partial charge is 0.444 e. The summed E-state index contributed by atoms with van der Waals surface area (Å²) in [4.78, 5) is 23.8. The molecule has 150 valence electrons. The second kappa shape index (κ2) is 7.68. The lowest BCUT2D eigenvalue weighted by Crippen LogP contribution is -2.41. The summed E-state index contributed by atoms with van der Waals surface area (Å²) in [6.07, 6.45) is 1.91. The number of nitrogens with zero attached hydrogens (tertiary/aromatic N) is 1. The van der Waals surface area contributed by atoms with Crippen molar-refractivity contribution in [3.05, 3.63) is 28.7 Å². The first-order valence-electron chi connectivity index (χ1n) is 9.34. The molecule has 1 fully saturated rings. The quantitative estimate of drug-likeness (QED) is 0.627. The van der Waals surface area contributed by atoms with Gasteiger partial charge in [-0.05, 0) is 60.3 Å². The minimum Gasteiger partial charge on any atom is -0.444 e. The normalized spacial score (nSPS) is 18.4. The zero-order chi connectivity index (χ0) is 20.5. The zero-order valence-corrected chi connectivity index (χ0v) is 17.4. The predicted octanol–water partition coefficient (Wildman–Crippen LogP) is 2.06. The Morgan fingerprint density at radius 3 is 2.33 bits per heavy atom. The van der Waals surface area contributed by atoms with Crippen LogP contribution in [-0.2, 0) is 20.6 Å². The third-order valence-corrected chi connectivity index (χ3v) is 4.78. The van der Waals surface area contributed by atoms with Crippen LogP contribution in [0.15, 0.2) is 23.1 Å². The fourth-order valence-corrected chi connectivity index (χ4v) is 2.60. The third-order valence-electron chi connectivity index (χ3n) is 4.78. The van der Waals surface area contributed by atoms with E-state index in [-0.39, 0.29) is 5.56 Å². The van der Waals surface area contributed by atoms with E-state index in [1.54, 1.807) is 16.8 Å². The molecule has 8 heteroatoms. The summed E-state index contributed by atoms with van der Waals surface area (Å²) in [6.45, 7) is 14.3. The number of carbonyl (C=O) groups is 1. The van der Waals surface area contributed by atoms with Crippen molar-refractivity contribution in [2.75, 3.05) is 6.54 Å². The Morgan fingerprint density at radius 2 is 1.78 bits per heavy atom. The van der Waals surface area contributed by atoms with Gasteiger partial charge in [0.15, 0.2) is 0 Å². The summed E-state index contributed by atoms with van der Waals surface area (Å²) in [5.41, 5.74) is -0.703. The SMILES string of the molecule is CC(C)(C)OC(=O)NCCCn1cc(B2OC(C)(C)C(C)(C)O2)ccc1=O. The first kappa shape index (κ1) is 21.5. The maximum atomic E-state index is 12.1. The van der Waals surface area contributed by atoms with E-state index in [2.05, 4.69) is 5.32 Å². The molecular weight excluding hydrogens is 347 g/mol. The van der Waals surface area contributed by atoms with Gasteiger partial charge in [0.1, 0.15) is 5.60 Å². The van der Waals surface area contributed by atoms with Crippen molar-refractivity contribution in [1.82, 2.24) is 9.88 Å². The Bertz CT molecular complexity index is 720. The molecule has 0 radical (unpaired) electrons. The van der Waals surface area contributed by atoms with Crippen LogP contribution in [0.1, 0.15) is 54.9 Å². The van der Waals surface area contributed by atoms with E-state index in [1.807, 2.05) is 48.5 Å². The second-order valence-corrected chi connectivity index (χ2v) is 8.86.